The smallest absolute Gasteiger partial charge is 0.326 e. The van der Waals surface area contributed by atoms with Crippen LogP contribution in [0.3, 0.4) is 0 Å². The zero-order valence-corrected chi connectivity index (χ0v) is 19.5. The van der Waals surface area contributed by atoms with Crippen LogP contribution in [0.25, 0.3) is 0 Å². The van der Waals surface area contributed by atoms with E-state index in [9.17, 15) is 34.5 Å². The van der Waals surface area contributed by atoms with Crippen molar-refractivity contribution in [3.8, 4) is 11.5 Å². The number of phenolic OH excluding ortho intramolecular Hbond substituents is 2. The molecule has 4 atom stereocenters. The van der Waals surface area contributed by atoms with Gasteiger partial charge in [-0.05, 0) is 42.3 Å². The van der Waals surface area contributed by atoms with Crippen molar-refractivity contribution in [3.63, 3.8) is 0 Å². The van der Waals surface area contributed by atoms with Gasteiger partial charge in [0.05, 0.1) is 6.61 Å². The Hall–Kier alpha value is -4.16. The van der Waals surface area contributed by atoms with Crippen LogP contribution in [-0.4, -0.2) is 74.9 Å². The molecule has 0 saturated heterocycles. The van der Waals surface area contributed by atoms with Crippen molar-refractivity contribution in [1.82, 2.24) is 16.0 Å². The molecule has 2 aromatic rings. The average molecular weight is 503 g/mol. The van der Waals surface area contributed by atoms with Crippen LogP contribution in [0.15, 0.2) is 48.5 Å². The van der Waals surface area contributed by atoms with Crippen molar-refractivity contribution in [3.05, 3.63) is 59.7 Å². The molecule has 4 unspecified atom stereocenters. The standard InChI is InChI=1S/C24H30N4O8/c1-13(26-22(33)18(25)12-29)21(32)27-19(10-14-2-6-16(30)7-3-14)23(34)28-20(24(35)36)11-15-4-8-17(31)9-5-15/h2-9,13,18-20,29-31H,10-12,25H2,1H3,(H,26,33)(H,27,32)(H,28,34)(H,35,36). The number of hydrogen-bond acceptors (Lipinski definition) is 8. The Morgan fingerprint density at radius 3 is 1.64 bits per heavy atom. The highest BCUT2D eigenvalue weighted by Gasteiger charge is 2.29. The number of carbonyl (C=O) groups excluding carboxylic acids is 3. The summed E-state index contributed by atoms with van der Waals surface area (Å²) in [5, 5.41) is 44.8. The maximum Gasteiger partial charge on any atom is 0.326 e. The number of carboxylic acid groups (broad SMARTS) is 1. The predicted octanol–water partition coefficient (Wildman–Crippen LogP) is -1.24. The Bertz CT molecular complexity index is 1060. The highest BCUT2D eigenvalue weighted by atomic mass is 16.4. The second kappa shape index (κ2) is 13.1. The number of nitrogens with one attached hydrogen (secondary N) is 3. The maximum absolute atomic E-state index is 13.1. The van der Waals surface area contributed by atoms with E-state index in [4.69, 9.17) is 10.8 Å². The molecule has 12 heteroatoms. The molecule has 0 aliphatic carbocycles. The summed E-state index contributed by atoms with van der Waals surface area (Å²) in [7, 11) is 0. The lowest BCUT2D eigenvalue weighted by molar-refractivity contribution is -0.142. The Balaban J connectivity index is 2.18. The van der Waals surface area contributed by atoms with Gasteiger partial charge in [-0.15, -0.1) is 0 Å². The number of aliphatic hydroxyl groups excluding tert-OH is 1. The molecule has 0 fully saturated rings. The molecule has 36 heavy (non-hydrogen) atoms. The van der Waals surface area contributed by atoms with E-state index < -0.39 is 54.5 Å². The fourth-order valence-corrected chi connectivity index (χ4v) is 3.18. The first-order valence-electron chi connectivity index (χ1n) is 11.1. The monoisotopic (exact) mass is 502 g/mol. The van der Waals surface area contributed by atoms with Gasteiger partial charge in [-0.25, -0.2) is 4.79 Å². The van der Waals surface area contributed by atoms with Crippen molar-refractivity contribution in [2.45, 2.75) is 43.9 Å². The van der Waals surface area contributed by atoms with Gasteiger partial charge in [0.25, 0.3) is 0 Å². The lowest BCUT2D eigenvalue weighted by Crippen LogP contribution is -2.57. The van der Waals surface area contributed by atoms with Crippen molar-refractivity contribution in [2.75, 3.05) is 6.61 Å². The molecular weight excluding hydrogens is 472 g/mol. The number of benzene rings is 2. The third kappa shape index (κ3) is 8.56. The van der Waals surface area contributed by atoms with E-state index in [0.29, 0.717) is 11.1 Å². The number of carbonyl (C=O) groups is 4. The van der Waals surface area contributed by atoms with E-state index in [-0.39, 0.29) is 24.3 Å². The van der Waals surface area contributed by atoms with Gasteiger partial charge >= 0.3 is 5.97 Å². The summed E-state index contributed by atoms with van der Waals surface area (Å²) in [6.45, 7) is 0.737. The summed E-state index contributed by atoms with van der Waals surface area (Å²) in [5.74, 6) is -3.58. The van der Waals surface area contributed by atoms with Crippen molar-refractivity contribution < 1.29 is 39.6 Å². The molecule has 0 bridgehead atoms. The number of phenols is 2. The lowest BCUT2D eigenvalue weighted by Gasteiger charge is -2.24. The van der Waals surface area contributed by atoms with E-state index in [1.54, 1.807) is 12.1 Å². The number of aliphatic carboxylic acids is 1. The summed E-state index contributed by atoms with van der Waals surface area (Å²) in [6, 6.07) is 6.80. The first-order valence-corrected chi connectivity index (χ1v) is 11.1. The Morgan fingerprint density at radius 2 is 1.19 bits per heavy atom. The van der Waals surface area contributed by atoms with Gasteiger partial charge in [-0.3, -0.25) is 14.4 Å². The number of amides is 3. The highest BCUT2D eigenvalue weighted by Crippen LogP contribution is 2.13. The molecule has 9 N–H and O–H groups in total. The largest absolute Gasteiger partial charge is 0.508 e. The molecule has 0 aromatic heterocycles. The van der Waals surface area contributed by atoms with E-state index in [1.165, 1.54) is 43.3 Å². The number of hydrogen-bond donors (Lipinski definition) is 8. The quantitative estimate of drug-likeness (QED) is 0.174. The summed E-state index contributed by atoms with van der Waals surface area (Å²) < 4.78 is 0. The Morgan fingerprint density at radius 1 is 0.750 bits per heavy atom. The molecule has 2 rings (SSSR count). The highest BCUT2D eigenvalue weighted by molar-refractivity contribution is 5.94. The molecule has 0 aliphatic heterocycles. The summed E-state index contributed by atoms with van der Waals surface area (Å²) in [5.41, 5.74) is 6.55. The van der Waals surface area contributed by atoms with Crippen LogP contribution in [0, 0.1) is 0 Å². The van der Waals surface area contributed by atoms with Crippen molar-refractivity contribution in [2.24, 2.45) is 5.73 Å². The van der Waals surface area contributed by atoms with Crippen LogP contribution in [-0.2, 0) is 32.0 Å². The molecule has 194 valence electrons. The molecule has 0 spiro atoms. The number of rotatable bonds is 12. The number of carboxylic acids is 1. The first kappa shape index (κ1) is 28.1. The van der Waals surface area contributed by atoms with Crippen LogP contribution in [0.1, 0.15) is 18.1 Å². The lowest BCUT2D eigenvalue weighted by atomic mass is 10.0. The van der Waals surface area contributed by atoms with Crippen LogP contribution in [0.4, 0.5) is 0 Å². The molecule has 12 nitrogen and oxygen atoms in total. The van der Waals surface area contributed by atoms with Gasteiger partial charge < -0.3 is 42.1 Å². The first-order chi connectivity index (χ1) is 17.0. The minimum Gasteiger partial charge on any atom is -0.508 e. The van der Waals surface area contributed by atoms with Gasteiger partial charge in [0.15, 0.2) is 0 Å². The molecule has 0 radical (unpaired) electrons. The average Bonchev–Trinajstić information content (AvgIpc) is 2.84. The Kier molecular flexibility index (Phi) is 10.2. The van der Waals surface area contributed by atoms with Gasteiger partial charge in [0, 0.05) is 12.8 Å². The summed E-state index contributed by atoms with van der Waals surface area (Å²) in [4.78, 5) is 49.5. The Labute approximate surface area is 207 Å². The molecule has 0 heterocycles. The predicted molar refractivity (Wildman–Crippen MR) is 128 cm³/mol. The van der Waals surface area contributed by atoms with Crippen LogP contribution in [0.5, 0.6) is 11.5 Å². The molecule has 3 amide bonds. The molecule has 0 saturated carbocycles. The van der Waals surface area contributed by atoms with E-state index in [0.717, 1.165) is 0 Å². The third-order valence-corrected chi connectivity index (χ3v) is 5.29. The summed E-state index contributed by atoms with van der Waals surface area (Å²) >= 11 is 0. The second-order valence-electron chi connectivity index (χ2n) is 8.22. The van der Waals surface area contributed by atoms with Crippen LogP contribution in [0.2, 0.25) is 0 Å². The van der Waals surface area contributed by atoms with Crippen LogP contribution >= 0.6 is 0 Å². The van der Waals surface area contributed by atoms with E-state index in [1.807, 2.05) is 0 Å². The zero-order chi connectivity index (χ0) is 26.8. The SMILES string of the molecule is CC(NC(=O)C(N)CO)C(=O)NC(Cc1ccc(O)cc1)C(=O)NC(Cc1ccc(O)cc1)C(=O)O. The fourth-order valence-electron chi connectivity index (χ4n) is 3.18. The van der Waals surface area contributed by atoms with Crippen molar-refractivity contribution in [1.29, 1.82) is 0 Å². The number of nitrogens with two attached hydrogens (primary N) is 1. The summed E-state index contributed by atoms with van der Waals surface area (Å²) in [6.07, 6.45) is -0.118. The van der Waals surface area contributed by atoms with Crippen LogP contribution < -0.4 is 21.7 Å². The molecule has 0 aliphatic rings. The number of aromatic hydroxyl groups is 2. The van der Waals surface area contributed by atoms with Gasteiger partial charge in [0.1, 0.15) is 35.7 Å². The van der Waals surface area contributed by atoms with Gasteiger partial charge in [-0.2, -0.15) is 0 Å². The zero-order valence-electron chi connectivity index (χ0n) is 19.5. The van der Waals surface area contributed by atoms with E-state index >= 15 is 0 Å². The second-order valence-corrected chi connectivity index (χ2v) is 8.22. The van der Waals surface area contributed by atoms with Gasteiger partial charge in [0.2, 0.25) is 17.7 Å². The fraction of sp³-hybridized carbons (Fsp3) is 0.333. The van der Waals surface area contributed by atoms with E-state index in [2.05, 4.69) is 16.0 Å². The van der Waals surface area contributed by atoms with Gasteiger partial charge in [-0.1, -0.05) is 24.3 Å². The minimum absolute atomic E-state index is 0.000169. The molecule has 2 aromatic carbocycles. The normalized spacial score (nSPS) is 14.1. The molecular formula is C24H30N4O8. The maximum atomic E-state index is 13.1. The minimum atomic E-state index is -1.33. The topological polar surface area (TPSA) is 211 Å². The van der Waals surface area contributed by atoms with Crippen molar-refractivity contribution >= 4 is 23.7 Å². The third-order valence-electron chi connectivity index (χ3n) is 5.29. The number of aliphatic hydroxyl groups is 1.